The van der Waals surface area contributed by atoms with Gasteiger partial charge in [-0.15, -0.1) is 0 Å². The minimum Gasteiger partial charge on any atom is -0.461 e. The molecule has 2 nitrogen and oxygen atoms in total. The molecular formula is C10H8O2. The Morgan fingerprint density at radius 1 is 1.33 bits per heavy atom. The Bertz CT molecular complexity index is 426. The molecule has 0 unspecified atom stereocenters. The highest BCUT2D eigenvalue weighted by Crippen LogP contribution is 2.19. The fraction of sp³-hybridized carbons (Fsp3) is 0.100. The van der Waals surface area contributed by atoms with Crippen molar-refractivity contribution in [2.45, 2.75) is 6.92 Å². The van der Waals surface area contributed by atoms with Gasteiger partial charge in [-0.3, -0.25) is 4.79 Å². The predicted molar refractivity (Wildman–Crippen MR) is 46.3 cm³/mol. The van der Waals surface area contributed by atoms with Crippen LogP contribution in [0.15, 0.2) is 28.7 Å². The number of fused-ring (bicyclic) bond motifs is 1. The van der Waals surface area contributed by atoms with E-state index in [1.807, 2.05) is 19.1 Å². The van der Waals surface area contributed by atoms with Crippen molar-refractivity contribution < 1.29 is 9.21 Å². The van der Waals surface area contributed by atoms with Crippen LogP contribution in [0.5, 0.6) is 0 Å². The molecule has 0 aliphatic carbocycles. The summed E-state index contributed by atoms with van der Waals surface area (Å²) in [5.74, 6) is 0.869. The van der Waals surface area contributed by atoms with Gasteiger partial charge in [-0.1, -0.05) is 12.1 Å². The Balaban J connectivity index is 2.74. The Hall–Kier alpha value is -1.57. The first-order chi connectivity index (χ1) is 5.79. The maximum Gasteiger partial charge on any atom is 0.150 e. The Labute approximate surface area is 69.8 Å². The van der Waals surface area contributed by atoms with E-state index in [1.165, 1.54) is 0 Å². The Kier molecular flexibility index (Phi) is 1.47. The summed E-state index contributed by atoms with van der Waals surface area (Å²) in [6.45, 7) is 1.89. The van der Waals surface area contributed by atoms with Gasteiger partial charge in [-0.05, 0) is 19.1 Å². The van der Waals surface area contributed by atoms with Gasteiger partial charge in [0.2, 0.25) is 0 Å². The highest BCUT2D eigenvalue weighted by atomic mass is 16.3. The minimum atomic E-state index is 0.650. The quantitative estimate of drug-likeness (QED) is 0.600. The van der Waals surface area contributed by atoms with Crippen molar-refractivity contribution in [1.29, 1.82) is 0 Å². The van der Waals surface area contributed by atoms with Crippen molar-refractivity contribution in [3.8, 4) is 0 Å². The second kappa shape index (κ2) is 2.48. The molecule has 0 saturated carbocycles. The zero-order valence-electron chi connectivity index (χ0n) is 6.70. The topological polar surface area (TPSA) is 30.2 Å². The lowest BCUT2D eigenvalue weighted by Gasteiger charge is -1.88. The van der Waals surface area contributed by atoms with E-state index in [2.05, 4.69) is 0 Å². The summed E-state index contributed by atoms with van der Waals surface area (Å²) < 4.78 is 5.35. The first-order valence-corrected chi connectivity index (χ1v) is 3.75. The zero-order chi connectivity index (χ0) is 8.55. The van der Waals surface area contributed by atoms with E-state index < -0.39 is 0 Å². The van der Waals surface area contributed by atoms with Gasteiger partial charge in [0.25, 0.3) is 0 Å². The molecule has 0 atom stereocenters. The molecule has 0 aliphatic rings. The molecule has 12 heavy (non-hydrogen) atoms. The number of aryl methyl sites for hydroxylation is 1. The molecule has 60 valence electrons. The number of benzene rings is 1. The van der Waals surface area contributed by atoms with Crippen molar-refractivity contribution in [3.05, 3.63) is 35.6 Å². The average molecular weight is 160 g/mol. The summed E-state index contributed by atoms with van der Waals surface area (Å²) in [5, 5.41) is 1.04. The van der Waals surface area contributed by atoms with Crippen LogP contribution in [0, 0.1) is 6.92 Å². The number of carbonyl (C=O) groups excluding carboxylic acids is 1. The lowest BCUT2D eigenvalue weighted by molar-refractivity contribution is 0.112. The van der Waals surface area contributed by atoms with Gasteiger partial charge in [0.15, 0.2) is 0 Å². The van der Waals surface area contributed by atoms with E-state index in [4.69, 9.17) is 4.42 Å². The van der Waals surface area contributed by atoms with Crippen LogP contribution in [0.2, 0.25) is 0 Å². The van der Waals surface area contributed by atoms with Crippen LogP contribution in [-0.2, 0) is 0 Å². The normalized spacial score (nSPS) is 10.4. The average Bonchev–Trinajstić information content (AvgIpc) is 2.43. The van der Waals surface area contributed by atoms with E-state index >= 15 is 0 Å². The number of carbonyl (C=O) groups is 1. The van der Waals surface area contributed by atoms with Crippen molar-refractivity contribution >= 4 is 17.3 Å². The van der Waals surface area contributed by atoms with Gasteiger partial charge in [0.05, 0.1) is 0 Å². The monoisotopic (exact) mass is 160 g/mol. The summed E-state index contributed by atoms with van der Waals surface area (Å²) >= 11 is 0. The summed E-state index contributed by atoms with van der Waals surface area (Å²) in [6.07, 6.45) is 0.817. The number of aldehydes is 1. The lowest BCUT2D eigenvalue weighted by Crippen LogP contribution is -1.75. The van der Waals surface area contributed by atoms with Crippen LogP contribution in [0.25, 0.3) is 11.0 Å². The predicted octanol–water partition coefficient (Wildman–Crippen LogP) is 2.55. The largest absolute Gasteiger partial charge is 0.461 e. The van der Waals surface area contributed by atoms with Crippen LogP contribution in [0.3, 0.4) is 0 Å². The first-order valence-electron chi connectivity index (χ1n) is 3.75. The molecule has 1 aromatic heterocycles. The summed E-state index contributed by atoms with van der Waals surface area (Å²) in [7, 11) is 0. The smallest absolute Gasteiger partial charge is 0.150 e. The Morgan fingerprint density at radius 2 is 2.17 bits per heavy atom. The lowest BCUT2D eigenvalue weighted by atomic mass is 10.2. The molecule has 0 aliphatic heterocycles. The summed E-state index contributed by atoms with van der Waals surface area (Å²) in [4.78, 5) is 10.4. The van der Waals surface area contributed by atoms with Crippen molar-refractivity contribution in [3.63, 3.8) is 0 Å². The first kappa shape index (κ1) is 7.10. The maximum atomic E-state index is 10.4. The highest BCUT2D eigenvalue weighted by molar-refractivity contribution is 5.85. The van der Waals surface area contributed by atoms with E-state index in [9.17, 15) is 4.79 Å². The van der Waals surface area contributed by atoms with E-state index in [1.54, 1.807) is 12.1 Å². The molecule has 0 bridgehead atoms. The third kappa shape index (κ3) is 1.01. The van der Waals surface area contributed by atoms with Crippen molar-refractivity contribution in [1.82, 2.24) is 0 Å². The van der Waals surface area contributed by atoms with E-state index in [-0.39, 0.29) is 0 Å². The van der Waals surface area contributed by atoms with Gasteiger partial charge >= 0.3 is 0 Å². The number of furan rings is 1. The number of hydrogen-bond acceptors (Lipinski definition) is 2. The Morgan fingerprint density at radius 3 is 2.92 bits per heavy atom. The second-order valence-electron chi connectivity index (χ2n) is 2.77. The second-order valence-corrected chi connectivity index (χ2v) is 2.77. The fourth-order valence-corrected chi connectivity index (χ4v) is 1.25. The summed E-state index contributed by atoms with van der Waals surface area (Å²) in [5.41, 5.74) is 1.42. The third-order valence-corrected chi connectivity index (χ3v) is 1.80. The van der Waals surface area contributed by atoms with Gasteiger partial charge in [-0.25, -0.2) is 0 Å². The molecule has 1 aromatic carbocycles. The molecule has 0 spiro atoms. The zero-order valence-corrected chi connectivity index (χ0v) is 6.70. The van der Waals surface area contributed by atoms with Crippen LogP contribution in [-0.4, -0.2) is 6.29 Å². The molecule has 0 fully saturated rings. The number of rotatable bonds is 1. The van der Waals surface area contributed by atoms with E-state index in [0.717, 1.165) is 23.0 Å². The molecule has 1 heterocycles. The van der Waals surface area contributed by atoms with Gasteiger partial charge in [0, 0.05) is 10.9 Å². The van der Waals surface area contributed by atoms with Gasteiger partial charge in [0.1, 0.15) is 17.6 Å². The molecular weight excluding hydrogens is 152 g/mol. The van der Waals surface area contributed by atoms with Crippen LogP contribution < -0.4 is 0 Å². The molecule has 2 aromatic rings. The van der Waals surface area contributed by atoms with Gasteiger partial charge in [-0.2, -0.15) is 0 Å². The van der Waals surface area contributed by atoms with Crippen LogP contribution in [0.1, 0.15) is 16.1 Å². The summed E-state index contributed by atoms with van der Waals surface area (Å²) in [6, 6.07) is 7.36. The molecule has 0 amide bonds. The van der Waals surface area contributed by atoms with Crippen LogP contribution in [0.4, 0.5) is 0 Å². The van der Waals surface area contributed by atoms with E-state index in [0.29, 0.717) is 5.56 Å². The molecule has 2 rings (SSSR count). The molecule has 0 saturated heterocycles. The van der Waals surface area contributed by atoms with Crippen LogP contribution >= 0.6 is 0 Å². The standard InChI is InChI=1S/C10H8O2/c1-7-4-9-3-2-8(6-11)5-10(9)12-7/h2-6H,1H3. The maximum absolute atomic E-state index is 10.4. The fourth-order valence-electron chi connectivity index (χ4n) is 1.25. The van der Waals surface area contributed by atoms with Crippen molar-refractivity contribution in [2.24, 2.45) is 0 Å². The number of hydrogen-bond donors (Lipinski definition) is 0. The van der Waals surface area contributed by atoms with Crippen molar-refractivity contribution in [2.75, 3.05) is 0 Å². The highest BCUT2D eigenvalue weighted by Gasteiger charge is 1.99. The molecule has 0 N–H and O–H groups in total. The molecule has 2 heteroatoms. The van der Waals surface area contributed by atoms with Gasteiger partial charge < -0.3 is 4.42 Å². The molecule has 0 radical (unpaired) electrons. The minimum absolute atomic E-state index is 0.650. The SMILES string of the molecule is Cc1cc2ccc(C=O)cc2o1. The third-order valence-electron chi connectivity index (χ3n) is 1.80.